The molecule has 0 amide bonds. The predicted molar refractivity (Wildman–Crippen MR) is 92.5 cm³/mol. The molecule has 0 bridgehead atoms. The average molecular weight is 326 g/mol. The summed E-state index contributed by atoms with van der Waals surface area (Å²) >= 11 is 1.51. The first-order valence-electron chi connectivity index (χ1n) is 7.22. The molecule has 0 aliphatic carbocycles. The Hall–Kier alpha value is -2.32. The number of nitrogens with zero attached hydrogens (tertiary/aromatic N) is 2. The summed E-state index contributed by atoms with van der Waals surface area (Å²) in [4.78, 5) is 11.0. The highest BCUT2D eigenvalue weighted by Crippen LogP contribution is 2.30. The minimum Gasteiger partial charge on any atom is -0.258 e. The second-order valence-corrected chi connectivity index (χ2v) is 7.30. The highest BCUT2D eigenvalue weighted by atomic mass is 32.2. The van der Waals surface area contributed by atoms with E-state index in [2.05, 4.69) is 45.0 Å². The number of hydrogen-bond acceptors (Lipinski definition) is 4. The second-order valence-electron chi connectivity index (χ2n) is 6.28. The molecule has 0 spiro atoms. The molecule has 5 heteroatoms. The van der Waals surface area contributed by atoms with Crippen LogP contribution < -0.4 is 0 Å². The molecule has 0 atom stereocenters. The summed E-state index contributed by atoms with van der Waals surface area (Å²) in [6.45, 7) is 6.52. The van der Waals surface area contributed by atoms with Crippen LogP contribution in [-0.2, 0) is 11.2 Å². The van der Waals surface area contributed by atoms with Gasteiger partial charge >= 0.3 is 0 Å². The van der Waals surface area contributed by atoms with E-state index in [1.807, 2.05) is 6.07 Å². The van der Waals surface area contributed by atoms with Crippen molar-refractivity contribution in [3.05, 3.63) is 69.3 Å². The molecular weight excluding hydrogens is 308 g/mol. The minimum atomic E-state index is -0.486. The van der Waals surface area contributed by atoms with Crippen LogP contribution in [0.1, 0.15) is 37.5 Å². The lowest BCUT2D eigenvalue weighted by molar-refractivity contribution is -0.384. The molecule has 0 aromatic heterocycles. The zero-order chi connectivity index (χ0) is 17.0. The van der Waals surface area contributed by atoms with E-state index >= 15 is 0 Å². The first-order chi connectivity index (χ1) is 10.8. The van der Waals surface area contributed by atoms with Crippen molar-refractivity contribution in [1.29, 1.82) is 5.26 Å². The van der Waals surface area contributed by atoms with Crippen molar-refractivity contribution in [2.24, 2.45) is 0 Å². The largest absolute Gasteiger partial charge is 0.270 e. The van der Waals surface area contributed by atoms with Gasteiger partial charge in [-0.15, -0.1) is 11.8 Å². The maximum atomic E-state index is 10.8. The van der Waals surface area contributed by atoms with Gasteiger partial charge in [0.05, 0.1) is 10.5 Å². The molecular formula is C18H18N2O2S. The summed E-state index contributed by atoms with van der Waals surface area (Å²) < 4.78 is 0. The summed E-state index contributed by atoms with van der Waals surface area (Å²) in [6, 6.07) is 14.9. The first-order valence-corrected chi connectivity index (χ1v) is 8.20. The van der Waals surface area contributed by atoms with Crippen LogP contribution in [0.25, 0.3) is 0 Å². The second kappa shape index (κ2) is 6.84. The number of nitro benzene ring substituents is 1. The van der Waals surface area contributed by atoms with Crippen molar-refractivity contribution in [3.8, 4) is 6.07 Å². The molecule has 118 valence electrons. The van der Waals surface area contributed by atoms with Crippen LogP contribution in [0.4, 0.5) is 5.69 Å². The molecule has 0 radical (unpaired) electrons. The fraction of sp³-hybridized carbons (Fsp3) is 0.278. The molecule has 0 heterocycles. The van der Waals surface area contributed by atoms with Gasteiger partial charge in [-0.2, -0.15) is 5.26 Å². The molecule has 2 aromatic rings. The fourth-order valence-electron chi connectivity index (χ4n) is 2.11. The van der Waals surface area contributed by atoms with Crippen molar-refractivity contribution in [3.63, 3.8) is 0 Å². The molecule has 0 unspecified atom stereocenters. The number of hydrogen-bond donors (Lipinski definition) is 0. The van der Waals surface area contributed by atoms with Crippen LogP contribution in [0, 0.1) is 21.4 Å². The number of benzene rings is 2. The van der Waals surface area contributed by atoms with E-state index in [-0.39, 0.29) is 11.1 Å². The Bertz CT molecular complexity index is 756. The summed E-state index contributed by atoms with van der Waals surface area (Å²) in [5.74, 6) is 0.719. The van der Waals surface area contributed by atoms with E-state index in [0.29, 0.717) is 5.56 Å². The molecule has 0 aliphatic heterocycles. The molecule has 0 fully saturated rings. The van der Waals surface area contributed by atoms with Crippen molar-refractivity contribution in [1.82, 2.24) is 0 Å². The fourth-order valence-corrected chi connectivity index (χ4v) is 3.05. The summed E-state index contributed by atoms with van der Waals surface area (Å²) in [6.07, 6.45) is 0. The Morgan fingerprint density at radius 2 is 1.83 bits per heavy atom. The summed E-state index contributed by atoms with van der Waals surface area (Å²) in [5.41, 5.74) is 2.85. The molecule has 2 aromatic carbocycles. The van der Waals surface area contributed by atoms with Gasteiger partial charge in [0.1, 0.15) is 6.07 Å². The van der Waals surface area contributed by atoms with Gasteiger partial charge in [0.2, 0.25) is 0 Å². The van der Waals surface area contributed by atoms with E-state index < -0.39 is 4.92 Å². The molecule has 23 heavy (non-hydrogen) atoms. The molecule has 0 aliphatic rings. The number of nitriles is 1. The average Bonchev–Trinajstić information content (AvgIpc) is 2.52. The third-order valence-electron chi connectivity index (χ3n) is 3.51. The summed E-state index contributed by atoms with van der Waals surface area (Å²) in [5, 5.41) is 19.9. The molecule has 0 saturated carbocycles. The quantitative estimate of drug-likeness (QED) is 0.447. The monoisotopic (exact) mass is 326 g/mol. The number of thioether (sulfide) groups is 1. The van der Waals surface area contributed by atoms with Crippen LogP contribution in [-0.4, -0.2) is 4.92 Å². The number of non-ortho nitro benzene ring substituents is 1. The van der Waals surface area contributed by atoms with Crippen molar-refractivity contribution in [2.75, 3.05) is 0 Å². The molecule has 0 N–H and O–H groups in total. The van der Waals surface area contributed by atoms with Gasteiger partial charge < -0.3 is 0 Å². The van der Waals surface area contributed by atoms with Crippen LogP contribution in [0.3, 0.4) is 0 Å². The van der Waals surface area contributed by atoms with Gasteiger partial charge in [0.25, 0.3) is 5.69 Å². The van der Waals surface area contributed by atoms with Crippen LogP contribution >= 0.6 is 11.8 Å². The lowest BCUT2D eigenvalue weighted by Gasteiger charge is -2.19. The third kappa shape index (κ3) is 4.33. The normalized spacial score (nSPS) is 11.0. The zero-order valence-corrected chi connectivity index (χ0v) is 14.2. The van der Waals surface area contributed by atoms with Crippen molar-refractivity contribution >= 4 is 17.4 Å². The number of rotatable bonds is 4. The molecule has 2 rings (SSSR count). The molecule has 4 nitrogen and oxygen atoms in total. The van der Waals surface area contributed by atoms with E-state index in [1.165, 1.54) is 29.5 Å². The Morgan fingerprint density at radius 3 is 2.35 bits per heavy atom. The lowest BCUT2D eigenvalue weighted by atomic mass is 9.87. The molecule has 0 saturated heterocycles. The standard InChI is InChI=1S/C18H18N2O2S/c1-18(2,3)15-6-4-13(5-7-15)12-23-17-9-8-16(20(21)22)10-14(17)11-19/h4-10H,12H2,1-3H3. The Morgan fingerprint density at radius 1 is 1.17 bits per heavy atom. The SMILES string of the molecule is CC(C)(C)c1ccc(CSc2ccc([N+](=O)[O-])cc2C#N)cc1. The van der Waals surface area contributed by atoms with Gasteiger partial charge in [-0.3, -0.25) is 10.1 Å². The smallest absolute Gasteiger partial charge is 0.258 e. The topological polar surface area (TPSA) is 66.9 Å². The number of nitro groups is 1. The maximum absolute atomic E-state index is 10.8. The lowest BCUT2D eigenvalue weighted by Crippen LogP contribution is -2.10. The third-order valence-corrected chi connectivity index (χ3v) is 4.65. The predicted octanol–water partition coefficient (Wildman–Crippen LogP) is 5.06. The van der Waals surface area contributed by atoms with Crippen molar-refractivity contribution < 1.29 is 4.92 Å². The van der Waals surface area contributed by atoms with E-state index in [1.54, 1.807) is 6.07 Å². The Labute approximate surface area is 140 Å². The van der Waals surface area contributed by atoms with E-state index in [4.69, 9.17) is 5.26 Å². The van der Waals surface area contributed by atoms with E-state index in [9.17, 15) is 10.1 Å². The van der Waals surface area contributed by atoms with Gasteiger partial charge in [-0.25, -0.2) is 0 Å². The van der Waals surface area contributed by atoms with Gasteiger partial charge in [-0.05, 0) is 22.6 Å². The van der Waals surface area contributed by atoms with E-state index in [0.717, 1.165) is 16.2 Å². The zero-order valence-electron chi connectivity index (χ0n) is 13.4. The Balaban J connectivity index is 2.12. The summed E-state index contributed by atoms with van der Waals surface area (Å²) in [7, 11) is 0. The Kier molecular flexibility index (Phi) is 5.07. The van der Waals surface area contributed by atoms with Crippen molar-refractivity contribution in [2.45, 2.75) is 36.8 Å². The van der Waals surface area contributed by atoms with Gasteiger partial charge in [0, 0.05) is 22.8 Å². The first kappa shape index (κ1) is 17.0. The van der Waals surface area contributed by atoms with Gasteiger partial charge in [-0.1, -0.05) is 45.0 Å². The van der Waals surface area contributed by atoms with Crippen LogP contribution in [0.15, 0.2) is 47.4 Å². The van der Waals surface area contributed by atoms with Crippen LogP contribution in [0.5, 0.6) is 0 Å². The highest BCUT2D eigenvalue weighted by Gasteiger charge is 2.14. The highest BCUT2D eigenvalue weighted by molar-refractivity contribution is 7.98. The van der Waals surface area contributed by atoms with Gasteiger partial charge in [0.15, 0.2) is 0 Å². The van der Waals surface area contributed by atoms with Crippen LogP contribution in [0.2, 0.25) is 0 Å². The minimum absolute atomic E-state index is 0.0552. The maximum Gasteiger partial charge on any atom is 0.270 e.